The number of hydrogen-bond acceptors (Lipinski definition) is 3. The number of nitrogens with zero attached hydrogens (tertiary/aromatic N) is 1. The number of hydrogen-bond donors (Lipinski definition) is 0. The topological polar surface area (TPSA) is 29.5 Å². The molecule has 1 heterocycles. The van der Waals surface area contributed by atoms with E-state index in [1.165, 1.54) is 0 Å². The third kappa shape index (κ3) is 2.84. The lowest BCUT2D eigenvalue weighted by molar-refractivity contribution is -0.132. The van der Waals surface area contributed by atoms with Crippen LogP contribution in [0, 0.1) is 11.8 Å². The second kappa shape index (κ2) is 6.03. The van der Waals surface area contributed by atoms with Crippen molar-refractivity contribution in [3.8, 4) is 11.8 Å². The van der Waals surface area contributed by atoms with Crippen molar-refractivity contribution >= 4 is 5.78 Å². The van der Waals surface area contributed by atoms with Gasteiger partial charge in [0.05, 0.1) is 25.2 Å². The van der Waals surface area contributed by atoms with Crippen LogP contribution in [0.3, 0.4) is 0 Å². The van der Waals surface area contributed by atoms with Gasteiger partial charge in [-0.05, 0) is 20.3 Å². The van der Waals surface area contributed by atoms with E-state index in [4.69, 9.17) is 4.74 Å². The van der Waals surface area contributed by atoms with Crippen LogP contribution in [0.2, 0.25) is 0 Å². The van der Waals surface area contributed by atoms with Gasteiger partial charge in [0.25, 0.3) is 0 Å². The average Bonchev–Trinajstić information content (AvgIpc) is 2.35. The molecule has 1 aliphatic rings. The molecular formula is C13H21NO2. The van der Waals surface area contributed by atoms with Gasteiger partial charge in [-0.3, -0.25) is 9.69 Å². The Hall–Kier alpha value is -0.850. The molecule has 16 heavy (non-hydrogen) atoms. The van der Waals surface area contributed by atoms with Gasteiger partial charge in [0.1, 0.15) is 0 Å². The predicted molar refractivity (Wildman–Crippen MR) is 64.2 cm³/mol. The molecule has 1 unspecified atom stereocenters. The molecule has 90 valence electrons. The lowest BCUT2D eigenvalue weighted by atomic mass is 9.89. The minimum atomic E-state index is -0.367. The van der Waals surface area contributed by atoms with Gasteiger partial charge < -0.3 is 4.74 Å². The minimum Gasteiger partial charge on any atom is -0.379 e. The van der Waals surface area contributed by atoms with Crippen LogP contribution < -0.4 is 0 Å². The number of morpholine rings is 1. The normalized spacial score (nSPS) is 20.7. The number of carbonyl (C=O) groups is 1. The van der Waals surface area contributed by atoms with Crippen molar-refractivity contribution in [1.29, 1.82) is 0 Å². The molecule has 0 saturated carbocycles. The smallest absolute Gasteiger partial charge is 0.164 e. The predicted octanol–water partition coefficient (Wildman–Crippen LogP) is 1.47. The molecule has 0 radical (unpaired) electrons. The van der Waals surface area contributed by atoms with Gasteiger partial charge in [0.2, 0.25) is 0 Å². The van der Waals surface area contributed by atoms with Gasteiger partial charge in [-0.15, -0.1) is 5.92 Å². The Morgan fingerprint density at radius 1 is 1.44 bits per heavy atom. The van der Waals surface area contributed by atoms with Crippen LogP contribution in [0.1, 0.15) is 33.6 Å². The SMILES string of the molecule is CC#CCC(=O)C(C)(CC)N1CCOCC1. The van der Waals surface area contributed by atoms with Crippen LogP contribution in [0.15, 0.2) is 0 Å². The molecule has 0 N–H and O–H groups in total. The molecular weight excluding hydrogens is 202 g/mol. The highest BCUT2D eigenvalue weighted by Crippen LogP contribution is 2.23. The van der Waals surface area contributed by atoms with Crippen molar-refractivity contribution in [3.63, 3.8) is 0 Å². The molecule has 0 spiro atoms. The third-order valence-electron chi connectivity index (χ3n) is 3.42. The van der Waals surface area contributed by atoms with Crippen molar-refractivity contribution in [3.05, 3.63) is 0 Å². The van der Waals surface area contributed by atoms with E-state index in [0.717, 1.165) is 32.7 Å². The molecule has 0 amide bonds. The fraction of sp³-hybridized carbons (Fsp3) is 0.769. The van der Waals surface area contributed by atoms with E-state index in [9.17, 15) is 4.79 Å². The summed E-state index contributed by atoms with van der Waals surface area (Å²) in [5.41, 5.74) is -0.367. The standard InChI is InChI=1S/C13H21NO2/c1-4-6-7-12(15)13(3,5-2)14-8-10-16-11-9-14/h5,7-11H2,1-3H3. The first kappa shape index (κ1) is 13.2. The Kier molecular flexibility index (Phi) is 4.98. The van der Waals surface area contributed by atoms with Gasteiger partial charge in [0.15, 0.2) is 5.78 Å². The molecule has 0 aliphatic carbocycles. The number of carbonyl (C=O) groups excluding carboxylic acids is 1. The molecule has 0 bridgehead atoms. The molecule has 1 fully saturated rings. The molecule has 3 heteroatoms. The van der Waals surface area contributed by atoms with E-state index >= 15 is 0 Å². The average molecular weight is 223 g/mol. The summed E-state index contributed by atoms with van der Waals surface area (Å²) in [5.74, 6) is 5.88. The molecule has 3 nitrogen and oxygen atoms in total. The Bertz CT molecular complexity index is 297. The van der Waals surface area contributed by atoms with Gasteiger partial charge in [-0.2, -0.15) is 0 Å². The van der Waals surface area contributed by atoms with Crippen LogP contribution >= 0.6 is 0 Å². The molecule has 1 saturated heterocycles. The van der Waals surface area contributed by atoms with E-state index in [2.05, 4.69) is 23.7 Å². The van der Waals surface area contributed by atoms with E-state index in [0.29, 0.717) is 6.42 Å². The first-order valence-corrected chi connectivity index (χ1v) is 5.91. The Labute approximate surface area is 98.1 Å². The maximum Gasteiger partial charge on any atom is 0.164 e. The van der Waals surface area contributed by atoms with Gasteiger partial charge in [0, 0.05) is 13.1 Å². The van der Waals surface area contributed by atoms with Crippen LogP contribution in [-0.4, -0.2) is 42.5 Å². The van der Waals surface area contributed by atoms with Gasteiger partial charge >= 0.3 is 0 Å². The number of rotatable bonds is 4. The van der Waals surface area contributed by atoms with E-state index in [1.54, 1.807) is 6.92 Å². The van der Waals surface area contributed by atoms with Crippen LogP contribution in [-0.2, 0) is 9.53 Å². The van der Waals surface area contributed by atoms with Crippen molar-refractivity contribution in [1.82, 2.24) is 4.90 Å². The largest absolute Gasteiger partial charge is 0.379 e. The fourth-order valence-electron chi connectivity index (χ4n) is 2.01. The zero-order chi connectivity index (χ0) is 12.0. The maximum absolute atomic E-state index is 12.2. The van der Waals surface area contributed by atoms with E-state index < -0.39 is 0 Å². The molecule has 0 aromatic rings. The second-order valence-corrected chi connectivity index (χ2v) is 4.25. The highest BCUT2D eigenvalue weighted by molar-refractivity contribution is 5.89. The van der Waals surface area contributed by atoms with Crippen molar-refractivity contribution in [2.45, 2.75) is 39.2 Å². The Morgan fingerprint density at radius 2 is 2.06 bits per heavy atom. The highest BCUT2D eigenvalue weighted by Gasteiger charge is 2.37. The third-order valence-corrected chi connectivity index (χ3v) is 3.42. The molecule has 0 aromatic heterocycles. The maximum atomic E-state index is 12.2. The van der Waals surface area contributed by atoms with Crippen molar-refractivity contribution < 1.29 is 9.53 Å². The van der Waals surface area contributed by atoms with Gasteiger partial charge in [-0.25, -0.2) is 0 Å². The minimum absolute atomic E-state index is 0.228. The lowest BCUT2D eigenvalue weighted by Crippen LogP contribution is -2.55. The van der Waals surface area contributed by atoms with Gasteiger partial charge in [-0.1, -0.05) is 12.8 Å². The second-order valence-electron chi connectivity index (χ2n) is 4.25. The summed E-state index contributed by atoms with van der Waals surface area (Å²) >= 11 is 0. The zero-order valence-corrected chi connectivity index (χ0v) is 10.5. The van der Waals surface area contributed by atoms with Crippen LogP contribution in [0.5, 0.6) is 0 Å². The van der Waals surface area contributed by atoms with Crippen molar-refractivity contribution in [2.75, 3.05) is 26.3 Å². The van der Waals surface area contributed by atoms with Crippen molar-refractivity contribution in [2.24, 2.45) is 0 Å². The summed E-state index contributed by atoms with van der Waals surface area (Å²) < 4.78 is 5.32. The van der Waals surface area contributed by atoms with E-state index in [1.807, 2.05) is 6.92 Å². The summed E-state index contributed by atoms with van der Waals surface area (Å²) in [7, 11) is 0. The number of ketones is 1. The number of Topliss-reactive ketones (excluding diaryl/α,β-unsaturated/α-hetero) is 1. The van der Waals surface area contributed by atoms with Crippen LogP contribution in [0.25, 0.3) is 0 Å². The summed E-state index contributed by atoms with van der Waals surface area (Å²) in [4.78, 5) is 14.4. The summed E-state index contributed by atoms with van der Waals surface area (Å²) in [6.45, 7) is 8.99. The number of ether oxygens (including phenoxy) is 1. The first-order chi connectivity index (χ1) is 7.65. The Balaban J connectivity index is 2.72. The highest BCUT2D eigenvalue weighted by atomic mass is 16.5. The molecule has 1 atom stereocenters. The van der Waals surface area contributed by atoms with E-state index in [-0.39, 0.29) is 11.3 Å². The first-order valence-electron chi connectivity index (χ1n) is 5.91. The molecule has 1 rings (SSSR count). The fourth-order valence-corrected chi connectivity index (χ4v) is 2.01. The molecule has 0 aromatic carbocycles. The lowest BCUT2D eigenvalue weighted by Gasteiger charge is -2.41. The molecule has 1 aliphatic heterocycles. The quantitative estimate of drug-likeness (QED) is 0.676. The summed E-state index contributed by atoms with van der Waals surface area (Å²) in [6, 6.07) is 0. The monoisotopic (exact) mass is 223 g/mol. The van der Waals surface area contributed by atoms with Crippen LogP contribution in [0.4, 0.5) is 0 Å². The Morgan fingerprint density at radius 3 is 2.56 bits per heavy atom. The zero-order valence-electron chi connectivity index (χ0n) is 10.5. The summed E-state index contributed by atoms with van der Waals surface area (Å²) in [6.07, 6.45) is 1.19. The summed E-state index contributed by atoms with van der Waals surface area (Å²) in [5, 5.41) is 0.